The molecular weight excluding hydrogens is 232 g/mol. The van der Waals surface area contributed by atoms with E-state index in [-0.39, 0.29) is 6.10 Å². The Morgan fingerprint density at radius 2 is 1.92 bits per heavy atom. The van der Waals surface area contributed by atoms with Gasteiger partial charge in [0, 0.05) is 24.8 Å². The summed E-state index contributed by atoms with van der Waals surface area (Å²) in [6.45, 7) is 4.72. The van der Waals surface area contributed by atoms with Crippen molar-refractivity contribution in [1.29, 1.82) is 0 Å². The lowest BCUT2D eigenvalue weighted by molar-refractivity contribution is -0.119. The van der Waals surface area contributed by atoms with E-state index in [4.69, 9.17) is 4.74 Å². The first-order valence-corrected chi connectivity index (χ1v) is 5.98. The molecule has 0 radical (unpaired) electrons. The SMILES string of the molecule is CC(C)OCCCC(=O)CCCBr. The van der Waals surface area contributed by atoms with Crippen molar-refractivity contribution < 1.29 is 9.53 Å². The maximum absolute atomic E-state index is 11.2. The number of hydrogen-bond acceptors (Lipinski definition) is 2. The lowest BCUT2D eigenvalue weighted by atomic mass is 10.1. The molecule has 78 valence electrons. The maximum atomic E-state index is 11.2. The van der Waals surface area contributed by atoms with Crippen LogP contribution in [0.2, 0.25) is 0 Å². The Bertz CT molecular complexity index is 135. The molecule has 0 rings (SSSR count). The summed E-state index contributed by atoms with van der Waals surface area (Å²) in [5.74, 6) is 0.354. The number of carbonyl (C=O) groups excluding carboxylic acids is 1. The van der Waals surface area contributed by atoms with E-state index in [1.54, 1.807) is 0 Å². The van der Waals surface area contributed by atoms with Gasteiger partial charge in [-0.25, -0.2) is 0 Å². The zero-order chi connectivity index (χ0) is 10.1. The Kier molecular flexibility index (Phi) is 8.77. The van der Waals surface area contributed by atoms with Gasteiger partial charge in [0.2, 0.25) is 0 Å². The van der Waals surface area contributed by atoms with Crippen molar-refractivity contribution in [2.45, 2.75) is 45.6 Å². The number of rotatable bonds is 8. The van der Waals surface area contributed by atoms with E-state index >= 15 is 0 Å². The van der Waals surface area contributed by atoms with Crippen LogP contribution >= 0.6 is 15.9 Å². The van der Waals surface area contributed by atoms with Crippen LogP contribution in [0, 0.1) is 0 Å². The summed E-state index contributed by atoms with van der Waals surface area (Å²) < 4.78 is 5.34. The van der Waals surface area contributed by atoms with Crippen LogP contribution in [0.15, 0.2) is 0 Å². The molecule has 3 heteroatoms. The molecule has 0 aliphatic heterocycles. The zero-order valence-corrected chi connectivity index (χ0v) is 10.1. The fraction of sp³-hybridized carbons (Fsp3) is 0.900. The molecule has 0 saturated carbocycles. The number of carbonyl (C=O) groups is 1. The predicted octanol–water partition coefficient (Wildman–Crippen LogP) is 2.94. The van der Waals surface area contributed by atoms with E-state index in [2.05, 4.69) is 15.9 Å². The Balaban J connectivity index is 3.17. The quantitative estimate of drug-likeness (QED) is 0.489. The molecule has 0 fully saturated rings. The van der Waals surface area contributed by atoms with Crippen molar-refractivity contribution in [3.05, 3.63) is 0 Å². The molecule has 0 aliphatic rings. The van der Waals surface area contributed by atoms with Crippen LogP contribution < -0.4 is 0 Å². The third-order valence-electron chi connectivity index (χ3n) is 1.64. The van der Waals surface area contributed by atoms with Crippen molar-refractivity contribution in [2.75, 3.05) is 11.9 Å². The summed E-state index contributed by atoms with van der Waals surface area (Å²) in [6, 6.07) is 0. The summed E-state index contributed by atoms with van der Waals surface area (Å²) in [4.78, 5) is 11.2. The van der Waals surface area contributed by atoms with Gasteiger partial charge in [0.15, 0.2) is 0 Å². The highest BCUT2D eigenvalue weighted by Crippen LogP contribution is 2.01. The lowest BCUT2D eigenvalue weighted by Crippen LogP contribution is -2.06. The molecule has 0 aromatic rings. The molecule has 0 aromatic carbocycles. The summed E-state index contributed by atoms with van der Waals surface area (Å²) in [7, 11) is 0. The van der Waals surface area contributed by atoms with Gasteiger partial charge < -0.3 is 4.74 Å². The molecule has 2 nitrogen and oxygen atoms in total. The lowest BCUT2D eigenvalue weighted by Gasteiger charge is -2.06. The fourth-order valence-corrected chi connectivity index (χ4v) is 1.26. The van der Waals surface area contributed by atoms with E-state index in [1.807, 2.05) is 13.8 Å². The number of alkyl halides is 1. The minimum atomic E-state index is 0.276. The van der Waals surface area contributed by atoms with Crippen LogP contribution in [0.25, 0.3) is 0 Å². The zero-order valence-electron chi connectivity index (χ0n) is 8.51. The van der Waals surface area contributed by atoms with Crippen molar-refractivity contribution in [1.82, 2.24) is 0 Å². The van der Waals surface area contributed by atoms with E-state index in [9.17, 15) is 4.79 Å². The second kappa shape index (κ2) is 8.70. The molecule has 0 aliphatic carbocycles. The maximum Gasteiger partial charge on any atom is 0.133 e. The number of halogens is 1. The molecule has 0 unspecified atom stereocenters. The number of ketones is 1. The number of Topliss-reactive ketones (excluding diaryl/α,β-unsaturated/α-hetero) is 1. The van der Waals surface area contributed by atoms with Crippen LogP contribution in [0.1, 0.15) is 39.5 Å². The minimum Gasteiger partial charge on any atom is -0.379 e. The average molecular weight is 251 g/mol. The van der Waals surface area contributed by atoms with Crippen LogP contribution in [0.3, 0.4) is 0 Å². The highest BCUT2D eigenvalue weighted by atomic mass is 79.9. The van der Waals surface area contributed by atoms with E-state index < -0.39 is 0 Å². The second-order valence-corrected chi connectivity index (χ2v) is 4.15. The van der Waals surface area contributed by atoms with Gasteiger partial charge in [-0.2, -0.15) is 0 Å². The molecule has 0 N–H and O–H groups in total. The van der Waals surface area contributed by atoms with E-state index in [0.29, 0.717) is 25.2 Å². The summed E-state index contributed by atoms with van der Waals surface area (Å²) in [5, 5.41) is 0.918. The van der Waals surface area contributed by atoms with Crippen LogP contribution in [-0.2, 0) is 9.53 Å². The molecule has 0 heterocycles. The molecular formula is C10H19BrO2. The summed E-state index contributed by atoms with van der Waals surface area (Å²) in [5.41, 5.74) is 0. The third-order valence-corrected chi connectivity index (χ3v) is 2.20. The van der Waals surface area contributed by atoms with Gasteiger partial charge in [-0.05, 0) is 26.7 Å². The standard InChI is InChI=1S/C10H19BrO2/c1-9(2)13-8-4-6-10(12)5-3-7-11/h9H,3-8H2,1-2H3. The average Bonchev–Trinajstić information content (AvgIpc) is 2.08. The Morgan fingerprint density at radius 1 is 1.31 bits per heavy atom. The van der Waals surface area contributed by atoms with Crippen molar-refractivity contribution in [3.8, 4) is 0 Å². The number of ether oxygens (including phenoxy) is 1. The molecule has 13 heavy (non-hydrogen) atoms. The third kappa shape index (κ3) is 10.0. The topological polar surface area (TPSA) is 26.3 Å². The molecule has 0 aromatic heterocycles. The monoisotopic (exact) mass is 250 g/mol. The number of hydrogen-bond donors (Lipinski definition) is 0. The minimum absolute atomic E-state index is 0.276. The van der Waals surface area contributed by atoms with Gasteiger partial charge in [-0.15, -0.1) is 0 Å². The van der Waals surface area contributed by atoms with E-state index in [0.717, 1.165) is 18.2 Å². The van der Waals surface area contributed by atoms with Crippen molar-refractivity contribution in [3.63, 3.8) is 0 Å². The van der Waals surface area contributed by atoms with Gasteiger partial charge in [0.05, 0.1) is 6.10 Å². The summed E-state index contributed by atoms with van der Waals surface area (Å²) in [6.07, 6.45) is 3.45. The van der Waals surface area contributed by atoms with Crippen LogP contribution in [0.5, 0.6) is 0 Å². The fourth-order valence-electron chi connectivity index (χ4n) is 0.977. The van der Waals surface area contributed by atoms with Gasteiger partial charge in [-0.3, -0.25) is 4.79 Å². The van der Waals surface area contributed by atoms with Crippen LogP contribution in [0.4, 0.5) is 0 Å². The largest absolute Gasteiger partial charge is 0.379 e. The van der Waals surface area contributed by atoms with Crippen molar-refractivity contribution >= 4 is 21.7 Å². The second-order valence-electron chi connectivity index (χ2n) is 3.35. The molecule has 0 amide bonds. The van der Waals surface area contributed by atoms with E-state index in [1.165, 1.54) is 0 Å². The first-order chi connectivity index (χ1) is 6.16. The molecule has 0 spiro atoms. The first-order valence-electron chi connectivity index (χ1n) is 4.86. The van der Waals surface area contributed by atoms with Gasteiger partial charge >= 0.3 is 0 Å². The summed E-state index contributed by atoms with van der Waals surface area (Å²) >= 11 is 3.30. The van der Waals surface area contributed by atoms with Gasteiger partial charge in [-0.1, -0.05) is 15.9 Å². The smallest absolute Gasteiger partial charge is 0.133 e. The predicted molar refractivity (Wildman–Crippen MR) is 58.4 cm³/mol. The van der Waals surface area contributed by atoms with Crippen molar-refractivity contribution in [2.24, 2.45) is 0 Å². The first kappa shape index (κ1) is 13.1. The highest BCUT2D eigenvalue weighted by Gasteiger charge is 2.01. The highest BCUT2D eigenvalue weighted by molar-refractivity contribution is 9.09. The molecule has 0 saturated heterocycles. The van der Waals surface area contributed by atoms with Gasteiger partial charge in [0.1, 0.15) is 5.78 Å². The van der Waals surface area contributed by atoms with Gasteiger partial charge in [0.25, 0.3) is 0 Å². The normalized spacial score (nSPS) is 10.8. The van der Waals surface area contributed by atoms with Crippen LogP contribution in [-0.4, -0.2) is 23.8 Å². The molecule has 0 atom stereocenters. The Hall–Kier alpha value is 0.110. The Morgan fingerprint density at radius 3 is 2.46 bits per heavy atom. The Labute approximate surface area is 89.2 Å². The molecule has 0 bridgehead atoms.